The Morgan fingerprint density at radius 1 is 1.04 bits per heavy atom. The van der Waals surface area contributed by atoms with Gasteiger partial charge in [0.1, 0.15) is 0 Å². The van der Waals surface area contributed by atoms with Gasteiger partial charge in [-0.2, -0.15) is 0 Å². The number of benzene rings is 1. The molecule has 1 aliphatic rings. The van der Waals surface area contributed by atoms with E-state index in [0.717, 1.165) is 39.4 Å². The van der Waals surface area contributed by atoms with Crippen LogP contribution in [0.5, 0.6) is 5.75 Å². The molecule has 0 unspecified atom stereocenters. The molecule has 5 heteroatoms. The summed E-state index contributed by atoms with van der Waals surface area (Å²) in [6, 6.07) is 5.46. The molecule has 4 rings (SSSR count). The van der Waals surface area contributed by atoms with Gasteiger partial charge in [-0.05, 0) is 37.5 Å². The quantitative estimate of drug-likeness (QED) is 0.684. The lowest BCUT2D eigenvalue weighted by molar-refractivity contribution is 0.268. The van der Waals surface area contributed by atoms with Crippen molar-refractivity contribution in [2.24, 2.45) is 0 Å². The first kappa shape index (κ1) is 14.1. The molecule has 0 spiro atoms. The second-order valence-electron chi connectivity index (χ2n) is 5.97. The van der Waals surface area contributed by atoms with Crippen molar-refractivity contribution < 1.29 is 4.74 Å². The highest BCUT2D eigenvalue weighted by Gasteiger charge is 2.24. The fourth-order valence-corrected chi connectivity index (χ4v) is 3.59. The standard InChI is InChI=1S/C18H18N2O3/c1-4-11-7-15(22)19(5-2)17-13(11)8-12-10(3)6-14(21)20-9-23-18(17)16(12)20/h6-8H,4-5,9H2,1-3H3. The van der Waals surface area contributed by atoms with E-state index in [2.05, 4.69) is 6.07 Å². The zero-order valence-corrected chi connectivity index (χ0v) is 13.5. The van der Waals surface area contributed by atoms with Gasteiger partial charge in [0.2, 0.25) is 0 Å². The van der Waals surface area contributed by atoms with E-state index in [1.807, 2.05) is 20.8 Å². The Kier molecular flexibility index (Phi) is 2.88. The number of hydrogen-bond acceptors (Lipinski definition) is 3. The van der Waals surface area contributed by atoms with E-state index >= 15 is 0 Å². The first-order chi connectivity index (χ1) is 11.1. The van der Waals surface area contributed by atoms with Gasteiger partial charge in [-0.15, -0.1) is 0 Å². The Morgan fingerprint density at radius 3 is 2.52 bits per heavy atom. The van der Waals surface area contributed by atoms with Crippen LogP contribution in [-0.4, -0.2) is 9.13 Å². The van der Waals surface area contributed by atoms with Gasteiger partial charge in [0.05, 0.1) is 11.0 Å². The summed E-state index contributed by atoms with van der Waals surface area (Å²) in [5, 5.41) is 2.05. The lowest BCUT2D eigenvalue weighted by Crippen LogP contribution is -2.20. The topological polar surface area (TPSA) is 53.2 Å². The largest absolute Gasteiger partial charge is 0.468 e. The SMILES string of the molecule is CCc1cc(=O)n(CC)c2c3c4c(cc12)c(C)cc(=O)n4CO3. The minimum atomic E-state index is -0.0647. The number of aromatic nitrogens is 2. The minimum absolute atomic E-state index is 0.0236. The van der Waals surface area contributed by atoms with Crippen LogP contribution >= 0.6 is 0 Å². The molecule has 0 radical (unpaired) electrons. The minimum Gasteiger partial charge on any atom is -0.468 e. The molecule has 0 saturated heterocycles. The van der Waals surface area contributed by atoms with E-state index in [9.17, 15) is 9.59 Å². The summed E-state index contributed by atoms with van der Waals surface area (Å²) >= 11 is 0. The number of pyridine rings is 2. The maximum Gasteiger partial charge on any atom is 0.254 e. The summed E-state index contributed by atoms with van der Waals surface area (Å²) in [6.45, 7) is 6.70. The zero-order valence-electron chi connectivity index (χ0n) is 13.5. The molecule has 0 bridgehead atoms. The summed E-state index contributed by atoms with van der Waals surface area (Å²) in [7, 11) is 0. The van der Waals surface area contributed by atoms with E-state index in [1.165, 1.54) is 0 Å². The van der Waals surface area contributed by atoms with Gasteiger partial charge in [0.25, 0.3) is 11.1 Å². The molecule has 1 aliphatic heterocycles. The van der Waals surface area contributed by atoms with Crippen LogP contribution < -0.4 is 15.9 Å². The number of fused-ring (bicyclic) bond motifs is 2. The molecule has 0 N–H and O–H groups in total. The van der Waals surface area contributed by atoms with Crippen LogP contribution in [0.3, 0.4) is 0 Å². The smallest absolute Gasteiger partial charge is 0.254 e. The van der Waals surface area contributed by atoms with E-state index < -0.39 is 0 Å². The van der Waals surface area contributed by atoms with Gasteiger partial charge >= 0.3 is 0 Å². The van der Waals surface area contributed by atoms with E-state index in [4.69, 9.17) is 4.74 Å². The average Bonchev–Trinajstić information content (AvgIpc) is 2.97. The molecule has 3 aromatic rings. The van der Waals surface area contributed by atoms with Crippen LogP contribution in [0.1, 0.15) is 25.0 Å². The molecule has 0 aliphatic carbocycles. The predicted molar refractivity (Wildman–Crippen MR) is 90.4 cm³/mol. The van der Waals surface area contributed by atoms with Crippen LogP contribution in [0.15, 0.2) is 27.8 Å². The van der Waals surface area contributed by atoms with Crippen molar-refractivity contribution in [3.63, 3.8) is 0 Å². The van der Waals surface area contributed by atoms with Gasteiger partial charge in [0.15, 0.2) is 12.5 Å². The summed E-state index contributed by atoms with van der Waals surface area (Å²) in [6.07, 6.45) is 0.778. The highest BCUT2D eigenvalue weighted by atomic mass is 16.5. The van der Waals surface area contributed by atoms with Gasteiger partial charge < -0.3 is 9.30 Å². The fraction of sp³-hybridized carbons (Fsp3) is 0.333. The van der Waals surface area contributed by atoms with Crippen molar-refractivity contribution in [2.45, 2.75) is 40.5 Å². The third kappa shape index (κ3) is 1.73. The van der Waals surface area contributed by atoms with Crippen LogP contribution in [0, 0.1) is 6.92 Å². The Balaban J connectivity index is 2.36. The number of hydrogen-bond donors (Lipinski definition) is 0. The Bertz CT molecular complexity index is 1090. The molecule has 118 valence electrons. The third-order valence-corrected chi connectivity index (χ3v) is 4.74. The highest BCUT2D eigenvalue weighted by Crippen LogP contribution is 2.39. The fourth-order valence-electron chi connectivity index (χ4n) is 3.59. The molecule has 0 saturated carbocycles. The number of rotatable bonds is 2. The maximum absolute atomic E-state index is 12.4. The second kappa shape index (κ2) is 4.72. The third-order valence-electron chi connectivity index (χ3n) is 4.74. The molecule has 0 amide bonds. The van der Waals surface area contributed by atoms with Gasteiger partial charge in [-0.25, -0.2) is 0 Å². The molecule has 3 heterocycles. The Labute approximate surface area is 132 Å². The molecule has 2 aromatic heterocycles. The summed E-state index contributed by atoms with van der Waals surface area (Å²) in [5.74, 6) is 0.660. The van der Waals surface area contributed by atoms with Gasteiger partial charge in [-0.1, -0.05) is 6.92 Å². The summed E-state index contributed by atoms with van der Waals surface area (Å²) < 4.78 is 9.23. The van der Waals surface area contributed by atoms with E-state index in [1.54, 1.807) is 21.3 Å². The van der Waals surface area contributed by atoms with Crippen molar-refractivity contribution >= 4 is 21.8 Å². The number of ether oxygens (including phenoxy) is 1. The molecule has 0 atom stereocenters. The number of nitrogens with zero attached hydrogens (tertiary/aromatic N) is 2. The summed E-state index contributed by atoms with van der Waals surface area (Å²) in [4.78, 5) is 24.7. The highest BCUT2D eigenvalue weighted by molar-refractivity contribution is 6.05. The van der Waals surface area contributed by atoms with E-state index in [0.29, 0.717) is 12.3 Å². The lowest BCUT2D eigenvalue weighted by atomic mass is 10.0. The van der Waals surface area contributed by atoms with Crippen molar-refractivity contribution in [3.8, 4) is 5.75 Å². The van der Waals surface area contributed by atoms with Crippen LogP contribution in [0.2, 0.25) is 0 Å². The van der Waals surface area contributed by atoms with Crippen LogP contribution in [-0.2, 0) is 19.7 Å². The van der Waals surface area contributed by atoms with E-state index in [-0.39, 0.29) is 17.8 Å². The normalized spacial score (nSPS) is 13.0. The van der Waals surface area contributed by atoms with Crippen molar-refractivity contribution in [1.82, 2.24) is 9.13 Å². The van der Waals surface area contributed by atoms with Crippen LogP contribution in [0.25, 0.3) is 21.8 Å². The van der Waals surface area contributed by atoms with Gasteiger partial charge in [0, 0.05) is 29.4 Å². The molecule has 1 aromatic carbocycles. The molecular formula is C18H18N2O3. The van der Waals surface area contributed by atoms with Crippen molar-refractivity contribution in [2.75, 3.05) is 0 Å². The van der Waals surface area contributed by atoms with Crippen molar-refractivity contribution in [1.29, 1.82) is 0 Å². The maximum atomic E-state index is 12.4. The Hall–Kier alpha value is -2.56. The lowest BCUT2D eigenvalue weighted by Gasteiger charge is -2.15. The average molecular weight is 310 g/mol. The predicted octanol–water partition coefficient (Wildman–Crippen LogP) is 2.56. The first-order valence-electron chi connectivity index (χ1n) is 7.93. The first-order valence-corrected chi connectivity index (χ1v) is 7.93. The molecular weight excluding hydrogens is 292 g/mol. The Morgan fingerprint density at radius 2 is 1.83 bits per heavy atom. The summed E-state index contributed by atoms with van der Waals surface area (Å²) in [5.41, 5.74) is 3.47. The number of aryl methyl sites for hydroxylation is 3. The van der Waals surface area contributed by atoms with Crippen LogP contribution in [0.4, 0.5) is 0 Å². The molecule has 5 nitrogen and oxygen atoms in total. The van der Waals surface area contributed by atoms with Gasteiger partial charge in [-0.3, -0.25) is 14.2 Å². The molecule has 23 heavy (non-hydrogen) atoms. The monoisotopic (exact) mass is 310 g/mol. The van der Waals surface area contributed by atoms with Crippen molar-refractivity contribution in [3.05, 3.63) is 50.0 Å². The molecule has 0 fully saturated rings. The second-order valence-corrected chi connectivity index (χ2v) is 5.97. The zero-order chi connectivity index (χ0) is 16.3.